The average molecular weight is 337 g/mol. The summed E-state index contributed by atoms with van der Waals surface area (Å²) >= 11 is 0. The van der Waals surface area contributed by atoms with Gasteiger partial charge in [-0.1, -0.05) is 0 Å². The van der Waals surface area contributed by atoms with Crippen LogP contribution in [0.15, 0.2) is 35.4 Å². The second-order valence-electron chi connectivity index (χ2n) is 6.55. The molecule has 25 heavy (non-hydrogen) atoms. The van der Waals surface area contributed by atoms with Crippen molar-refractivity contribution in [3.05, 3.63) is 52.3 Å². The Kier molecular flexibility index (Phi) is 3.63. The van der Waals surface area contributed by atoms with Crippen LogP contribution in [0.4, 0.5) is 5.82 Å². The van der Waals surface area contributed by atoms with Crippen molar-refractivity contribution in [1.29, 1.82) is 0 Å². The normalized spacial score (nSPS) is 14.0. The van der Waals surface area contributed by atoms with E-state index in [1.165, 1.54) is 17.7 Å². The smallest absolute Gasteiger partial charge is 0.306 e. The minimum atomic E-state index is -0.193. The molecule has 3 aromatic rings. The maximum atomic E-state index is 12.8. The number of carbonyl (C=O) groups is 1. The number of carbonyl (C=O) groups excluding carboxylic acids is 1. The third-order valence-electron chi connectivity index (χ3n) is 4.64. The monoisotopic (exact) mass is 337 g/mol. The number of aromatic amines is 1. The first-order valence-corrected chi connectivity index (χ1v) is 8.33. The van der Waals surface area contributed by atoms with Crippen molar-refractivity contribution in [2.24, 2.45) is 5.92 Å². The Morgan fingerprint density at radius 3 is 2.80 bits per heavy atom. The Hall–Kier alpha value is -2.96. The lowest BCUT2D eigenvalue weighted by Gasteiger charge is -2.17. The lowest BCUT2D eigenvalue weighted by molar-refractivity contribution is 0.0992. The first-order chi connectivity index (χ1) is 12.0. The van der Waals surface area contributed by atoms with Crippen LogP contribution < -0.4 is 10.6 Å². The van der Waals surface area contributed by atoms with E-state index < -0.39 is 0 Å². The molecule has 0 aliphatic heterocycles. The zero-order valence-electron chi connectivity index (χ0n) is 14.2. The highest BCUT2D eigenvalue weighted by Crippen LogP contribution is 2.31. The molecule has 1 fully saturated rings. The highest BCUT2D eigenvalue weighted by molar-refractivity contribution is 6.07. The zero-order valence-corrected chi connectivity index (χ0v) is 14.2. The third kappa shape index (κ3) is 2.82. The molecule has 4 rings (SSSR count). The summed E-state index contributed by atoms with van der Waals surface area (Å²) in [5.41, 5.74) is 2.58. The summed E-state index contributed by atoms with van der Waals surface area (Å²) in [4.78, 5) is 37.7. The van der Waals surface area contributed by atoms with E-state index in [1.54, 1.807) is 36.1 Å². The van der Waals surface area contributed by atoms with Gasteiger partial charge in [0.15, 0.2) is 5.82 Å². The molecule has 7 heteroatoms. The van der Waals surface area contributed by atoms with Crippen LogP contribution in [0.5, 0.6) is 0 Å². The summed E-state index contributed by atoms with van der Waals surface area (Å²) in [5, 5.41) is 0. The van der Waals surface area contributed by atoms with Gasteiger partial charge in [0.2, 0.25) is 0 Å². The fourth-order valence-electron chi connectivity index (χ4n) is 3.06. The standard InChI is InChI=1S/C18H19N5O2/c1-11-16(20-8-7-19-11)22(2)17(24)13-5-6-15-14(9-13)21-18(25)23(15)10-12-3-4-12/h5-9,12H,3-4,10H2,1-2H3,(H,21,25). The van der Waals surface area contributed by atoms with E-state index in [4.69, 9.17) is 0 Å². The summed E-state index contributed by atoms with van der Waals surface area (Å²) in [6.45, 7) is 2.55. The van der Waals surface area contributed by atoms with Crippen molar-refractivity contribution in [1.82, 2.24) is 19.5 Å². The Morgan fingerprint density at radius 2 is 2.08 bits per heavy atom. The van der Waals surface area contributed by atoms with E-state index in [0.29, 0.717) is 28.5 Å². The SMILES string of the molecule is Cc1nccnc1N(C)C(=O)c1ccc2c(c1)[nH]c(=O)n2CC1CC1. The van der Waals surface area contributed by atoms with Crippen molar-refractivity contribution in [3.63, 3.8) is 0 Å². The summed E-state index contributed by atoms with van der Waals surface area (Å²) in [7, 11) is 1.67. The summed E-state index contributed by atoms with van der Waals surface area (Å²) < 4.78 is 1.76. The number of fused-ring (bicyclic) bond motifs is 1. The van der Waals surface area contributed by atoms with Crippen molar-refractivity contribution < 1.29 is 4.79 Å². The molecule has 7 nitrogen and oxygen atoms in total. The quantitative estimate of drug-likeness (QED) is 0.790. The third-order valence-corrected chi connectivity index (χ3v) is 4.64. The number of nitrogens with one attached hydrogen (secondary N) is 1. The lowest BCUT2D eigenvalue weighted by atomic mass is 10.1. The molecular formula is C18H19N5O2. The highest BCUT2D eigenvalue weighted by Gasteiger charge is 2.24. The second kappa shape index (κ2) is 5.84. The average Bonchev–Trinajstić information content (AvgIpc) is 3.37. The Morgan fingerprint density at radius 1 is 1.32 bits per heavy atom. The van der Waals surface area contributed by atoms with Crippen LogP contribution in [0.25, 0.3) is 11.0 Å². The van der Waals surface area contributed by atoms with Crippen molar-refractivity contribution in [2.45, 2.75) is 26.3 Å². The lowest BCUT2D eigenvalue weighted by Crippen LogP contribution is -2.28. The number of anilines is 1. The largest absolute Gasteiger partial charge is 0.326 e. The molecule has 1 aliphatic carbocycles. The minimum absolute atomic E-state index is 0.121. The van der Waals surface area contributed by atoms with Gasteiger partial charge in [-0.2, -0.15) is 0 Å². The molecule has 2 heterocycles. The second-order valence-corrected chi connectivity index (χ2v) is 6.55. The van der Waals surface area contributed by atoms with E-state index in [2.05, 4.69) is 15.0 Å². The number of imidazole rings is 1. The molecule has 2 aromatic heterocycles. The van der Waals surface area contributed by atoms with E-state index in [-0.39, 0.29) is 11.6 Å². The molecule has 0 radical (unpaired) electrons. The van der Waals surface area contributed by atoms with Crippen LogP contribution in [0.3, 0.4) is 0 Å². The fraction of sp³-hybridized carbons (Fsp3) is 0.333. The van der Waals surface area contributed by atoms with Crippen molar-refractivity contribution in [2.75, 3.05) is 11.9 Å². The van der Waals surface area contributed by atoms with E-state index in [9.17, 15) is 9.59 Å². The molecule has 1 amide bonds. The minimum Gasteiger partial charge on any atom is -0.306 e. The fourth-order valence-corrected chi connectivity index (χ4v) is 3.06. The van der Waals surface area contributed by atoms with E-state index >= 15 is 0 Å². The first kappa shape index (κ1) is 15.6. The van der Waals surface area contributed by atoms with Crippen LogP contribution in [0, 0.1) is 12.8 Å². The van der Waals surface area contributed by atoms with Gasteiger partial charge in [-0.3, -0.25) is 19.2 Å². The first-order valence-electron chi connectivity index (χ1n) is 8.33. The van der Waals surface area contributed by atoms with Crippen LogP contribution in [-0.4, -0.2) is 32.5 Å². The molecule has 128 valence electrons. The maximum Gasteiger partial charge on any atom is 0.326 e. The van der Waals surface area contributed by atoms with Gasteiger partial charge in [0, 0.05) is 31.5 Å². The summed E-state index contributed by atoms with van der Waals surface area (Å²) in [6, 6.07) is 5.31. The van der Waals surface area contributed by atoms with Crippen LogP contribution >= 0.6 is 0 Å². The van der Waals surface area contributed by atoms with Crippen molar-refractivity contribution >= 4 is 22.8 Å². The van der Waals surface area contributed by atoms with Gasteiger partial charge in [-0.15, -0.1) is 0 Å². The number of aromatic nitrogens is 4. The van der Waals surface area contributed by atoms with Gasteiger partial charge in [-0.05, 0) is 43.9 Å². The Labute approximate surface area is 144 Å². The Balaban J connectivity index is 1.68. The van der Waals surface area contributed by atoms with Gasteiger partial charge in [-0.25, -0.2) is 9.78 Å². The predicted molar refractivity (Wildman–Crippen MR) is 94.8 cm³/mol. The van der Waals surface area contributed by atoms with E-state index in [1.807, 2.05) is 13.0 Å². The number of hydrogen-bond acceptors (Lipinski definition) is 4. The number of benzene rings is 1. The molecule has 0 saturated heterocycles. The number of hydrogen-bond donors (Lipinski definition) is 1. The molecule has 0 atom stereocenters. The molecule has 0 unspecified atom stereocenters. The van der Waals surface area contributed by atoms with Crippen LogP contribution in [0.2, 0.25) is 0 Å². The van der Waals surface area contributed by atoms with Crippen LogP contribution in [-0.2, 0) is 6.54 Å². The van der Waals surface area contributed by atoms with Gasteiger partial charge in [0.25, 0.3) is 5.91 Å². The summed E-state index contributed by atoms with van der Waals surface area (Å²) in [5.74, 6) is 0.928. The molecular weight excluding hydrogens is 318 g/mol. The number of rotatable bonds is 4. The van der Waals surface area contributed by atoms with Gasteiger partial charge in [0.05, 0.1) is 16.7 Å². The summed E-state index contributed by atoms with van der Waals surface area (Å²) in [6.07, 6.45) is 5.51. The number of nitrogens with zero attached hydrogens (tertiary/aromatic N) is 4. The molecule has 1 saturated carbocycles. The number of H-pyrrole nitrogens is 1. The van der Waals surface area contributed by atoms with Gasteiger partial charge < -0.3 is 4.98 Å². The predicted octanol–water partition coefficient (Wildman–Crippen LogP) is 2.11. The maximum absolute atomic E-state index is 12.8. The number of aryl methyl sites for hydroxylation is 1. The molecule has 1 aromatic carbocycles. The number of amides is 1. The molecule has 0 bridgehead atoms. The zero-order chi connectivity index (χ0) is 17.6. The van der Waals surface area contributed by atoms with Crippen LogP contribution in [0.1, 0.15) is 28.9 Å². The Bertz CT molecular complexity index is 1020. The molecule has 0 spiro atoms. The topological polar surface area (TPSA) is 83.9 Å². The molecule has 1 N–H and O–H groups in total. The molecule has 1 aliphatic rings. The highest BCUT2D eigenvalue weighted by atomic mass is 16.2. The van der Waals surface area contributed by atoms with Gasteiger partial charge >= 0.3 is 5.69 Å². The van der Waals surface area contributed by atoms with E-state index in [0.717, 1.165) is 12.1 Å². The van der Waals surface area contributed by atoms with Crippen molar-refractivity contribution in [3.8, 4) is 0 Å². The van der Waals surface area contributed by atoms with Gasteiger partial charge in [0.1, 0.15) is 0 Å².